The van der Waals surface area contributed by atoms with Gasteiger partial charge in [0.1, 0.15) is 0 Å². The topological polar surface area (TPSA) is 66.4 Å². The number of carboxylic acids is 1. The molecule has 0 aliphatic rings. The fourth-order valence-corrected chi connectivity index (χ4v) is 1.08. The molecule has 0 saturated carbocycles. The molecular formula is C9H8BNO3. The third-order valence-corrected chi connectivity index (χ3v) is 1.67. The van der Waals surface area contributed by atoms with Gasteiger partial charge >= 0.3 is 5.97 Å². The summed E-state index contributed by atoms with van der Waals surface area (Å²) in [6, 6.07) is 7.26. The van der Waals surface area contributed by atoms with Gasteiger partial charge in [0.2, 0.25) is 7.85 Å². The van der Waals surface area contributed by atoms with E-state index in [1.54, 1.807) is 30.3 Å². The number of carbonyl (C=O) groups excluding carboxylic acids is 1. The molecule has 1 atom stereocenters. The molecule has 4 nitrogen and oxygen atoms in total. The van der Waals surface area contributed by atoms with Crippen molar-refractivity contribution in [3.05, 3.63) is 35.9 Å². The lowest BCUT2D eigenvalue weighted by molar-refractivity contribution is -0.139. The fourth-order valence-electron chi connectivity index (χ4n) is 1.08. The van der Waals surface area contributed by atoms with Gasteiger partial charge in [0, 0.05) is 0 Å². The van der Waals surface area contributed by atoms with E-state index < -0.39 is 17.8 Å². The van der Waals surface area contributed by atoms with Crippen molar-refractivity contribution in [2.75, 3.05) is 0 Å². The molecule has 0 heterocycles. The second kappa shape index (κ2) is 4.46. The van der Waals surface area contributed by atoms with Crippen LogP contribution >= 0.6 is 0 Å². The molecule has 1 rings (SSSR count). The first-order valence-electron chi connectivity index (χ1n) is 3.95. The van der Waals surface area contributed by atoms with Crippen molar-refractivity contribution in [1.29, 1.82) is 0 Å². The number of nitrogens with one attached hydrogen (secondary N) is 1. The standard InChI is InChI=1S/C9H8BNO3/c10-9(14)11-7(8(12)13)6-4-2-1-3-5-6/h1-5,7H,(H,11,14)(H,12,13)/t7-/m0/s1. The number of rotatable bonds is 3. The molecule has 5 heteroatoms. The number of carboxylic acid groups (broad SMARTS) is 1. The van der Waals surface area contributed by atoms with E-state index in [-0.39, 0.29) is 0 Å². The zero-order valence-electron chi connectivity index (χ0n) is 7.31. The van der Waals surface area contributed by atoms with Crippen LogP contribution in [0.3, 0.4) is 0 Å². The summed E-state index contributed by atoms with van der Waals surface area (Å²) < 4.78 is 0. The fraction of sp³-hybridized carbons (Fsp3) is 0.111. The summed E-state index contributed by atoms with van der Waals surface area (Å²) in [6.07, 6.45) is 0. The summed E-state index contributed by atoms with van der Waals surface area (Å²) in [5, 5.41) is 10.9. The lowest BCUT2D eigenvalue weighted by Crippen LogP contribution is -2.32. The minimum atomic E-state index is -1.14. The first kappa shape index (κ1) is 10.3. The van der Waals surface area contributed by atoms with E-state index in [1.165, 1.54) is 0 Å². The molecule has 0 saturated heterocycles. The van der Waals surface area contributed by atoms with E-state index in [2.05, 4.69) is 5.32 Å². The highest BCUT2D eigenvalue weighted by molar-refractivity contribution is 6.57. The Labute approximate surface area is 82.3 Å². The summed E-state index contributed by atoms with van der Waals surface area (Å²) >= 11 is 0. The molecule has 0 aliphatic heterocycles. The number of amides is 1. The van der Waals surface area contributed by atoms with Crippen LogP contribution in [0.25, 0.3) is 0 Å². The first-order valence-corrected chi connectivity index (χ1v) is 3.95. The smallest absolute Gasteiger partial charge is 0.330 e. The van der Waals surface area contributed by atoms with Crippen LogP contribution in [-0.2, 0) is 4.79 Å². The molecule has 0 aliphatic carbocycles. The maximum absolute atomic E-state index is 10.8. The van der Waals surface area contributed by atoms with Crippen molar-refractivity contribution in [2.45, 2.75) is 6.04 Å². The van der Waals surface area contributed by atoms with Crippen molar-refractivity contribution in [3.63, 3.8) is 0 Å². The quantitative estimate of drug-likeness (QED) is 0.687. The second-order valence-electron chi connectivity index (χ2n) is 2.69. The van der Waals surface area contributed by atoms with Crippen LogP contribution in [0.2, 0.25) is 0 Å². The van der Waals surface area contributed by atoms with Crippen molar-refractivity contribution in [3.8, 4) is 0 Å². The van der Waals surface area contributed by atoms with Gasteiger partial charge in [-0.1, -0.05) is 30.3 Å². The lowest BCUT2D eigenvalue weighted by atomic mass is 10.0. The van der Waals surface area contributed by atoms with E-state index in [9.17, 15) is 9.59 Å². The van der Waals surface area contributed by atoms with E-state index in [0.29, 0.717) is 5.56 Å². The maximum atomic E-state index is 10.8. The molecular weight excluding hydrogens is 181 g/mol. The van der Waals surface area contributed by atoms with Crippen LogP contribution in [-0.4, -0.2) is 24.7 Å². The van der Waals surface area contributed by atoms with Crippen molar-refractivity contribution in [2.24, 2.45) is 0 Å². The molecule has 14 heavy (non-hydrogen) atoms. The Hall–Kier alpha value is -1.78. The summed E-state index contributed by atoms with van der Waals surface area (Å²) in [5.41, 5.74) is 0.485. The van der Waals surface area contributed by atoms with Gasteiger partial charge in [-0.15, -0.1) is 0 Å². The van der Waals surface area contributed by atoms with E-state index in [4.69, 9.17) is 13.0 Å². The van der Waals surface area contributed by atoms with E-state index in [1.807, 2.05) is 0 Å². The number of aliphatic carboxylic acids is 1. The van der Waals surface area contributed by atoms with Crippen LogP contribution in [0.4, 0.5) is 4.79 Å². The predicted octanol–water partition coefficient (Wildman–Crippen LogP) is 0.690. The van der Waals surface area contributed by atoms with Gasteiger partial charge in [-0.05, 0) is 5.56 Å². The highest BCUT2D eigenvalue weighted by atomic mass is 16.4. The number of hydrogen-bond donors (Lipinski definition) is 2. The van der Waals surface area contributed by atoms with Gasteiger partial charge in [-0.2, -0.15) is 0 Å². The summed E-state index contributed by atoms with van der Waals surface area (Å²) in [6.45, 7) is 0. The molecule has 1 aromatic carbocycles. The molecule has 70 valence electrons. The molecule has 2 N–H and O–H groups in total. The van der Waals surface area contributed by atoms with Crippen molar-refractivity contribution in [1.82, 2.24) is 5.32 Å². The minimum Gasteiger partial charge on any atom is -0.479 e. The van der Waals surface area contributed by atoms with E-state index in [0.717, 1.165) is 0 Å². The van der Waals surface area contributed by atoms with Gasteiger partial charge in [0.15, 0.2) is 11.8 Å². The van der Waals surface area contributed by atoms with Crippen LogP contribution in [0, 0.1) is 0 Å². The van der Waals surface area contributed by atoms with Crippen molar-refractivity contribution >= 4 is 19.6 Å². The average molecular weight is 189 g/mol. The monoisotopic (exact) mass is 189 g/mol. The summed E-state index contributed by atoms with van der Waals surface area (Å²) in [7, 11) is 4.86. The van der Waals surface area contributed by atoms with Crippen LogP contribution < -0.4 is 5.32 Å². The Morgan fingerprint density at radius 2 is 1.86 bits per heavy atom. The van der Waals surface area contributed by atoms with Gasteiger partial charge in [0.05, 0.1) is 0 Å². The molecule has 0 fully saturated rings. The van der Waals surface area contributed by atoms with Gasteiger partial charge in [0.25, 0.3) is 0 Å². The molecule has 0 spiro atoms. The van der Waals surface area contributed by atoms with Crippen molar-refractivity contribution < 1.29 is 14.7 Å². The Morgan fingerprint density at radius 3 is 2.29 bits per heavy atom. The minimum absolute atomic E-state index is 0.485. The van der Waals surface area contributed by atoms with E-state index >= 15 is 0 Å². The summed E-state index contributed by atoms with van der Waals surface area (Å²) in [5.74, 6) is -2.00. The highest BCUT2D eigenvalue weighted by Gasteiger charge is 2.19. The molecule has 0 bridgehead atoms. The number of hydrogen-bond acceptors (Lipinski definition) is 2. The number of carbonyl (C=O) groups is 2. The maximum Gasteiger partial charge on any atom is 0.330 e. The van der Waals surface area contributed by atoms with Gasteiger partial charge in [-0.3, -0.25) is 4.79 Å². The Balaban J connectivity index is 2.89. The largest absolute Gasteiger partial charge is 0.479 e. The zero-order chi connectivity index (χ0) is 10.6. The molecule has 0 aromatic heterocycles. The van der Waals surface area contributed by atoms with Crippen LogP contribution in [0.1, 0.15) is 11.6 Å². The molecule has 2 radical (unpaired) electrons. The summed E-state index contributed by atoms with van der Waals surface area (Å²) in [4.78, 5) is 21.3. The number of benzene rings is 1. The normalized spacial score (nSPS) is 11.7. The Morgan fingerprint density at radius 1 is 1.29 bits per heavy atom. The first-order chi connectivity index (χ1) is 6.61. The van der Waals surface area contributed by atoms with Gasteiger partial charge < -0.3 is 10.4 Å². The highest BCUT2D eigenvalue weighted by Crippen LogP contribution is 2.11. The SMILES string of the molecule is [B]C(=O)N[C@H](C(=O)O)c1ccccc1. The van der Waals surface area contributed by atoms with Gasteiger partial charge in [-0.25, -0.2) is 4.79 Å². The van der Waals surface area contributed by atoms with Crippen LogP contribution in [0.15, 0.2) is 30.3 Å². The molecule has 1 aromatic rings. The molecule has 0 unspecified atom stereocenters. The Bertz CT molecular complexity index is 339. The van der Waals surface area contributed by atoms with Crippen LogP contribution in [0.5, 0.6) is 0 Å². The second-order valence-corrected chi connectivity index (χ2v) is 2.69. The average Bonchev–Trinajstić information content (AvgIpc) is 2.15. The third kappa shape index (κ3) is 2.62. The lowest BCUT2D eigenvalue weighted by Gasteiger charge is -2.13. The third-order valence-electron chi connectivity index (χ3n) is 1.67. The molecule has 1 amide bonds. The predicted molar refractivity (Wildman–Crippen MR) is 51.1 cm³/mol. The Kier molecular flexibility index (Phi) is 3.28. The zero-order valence-corrected chi connectivity index (χ0v) is 7.31.